The third-order valence-electron chi connectivity index (χ3n) is 4.30. The van der Waals surface area contributed by atoms with Crippen LogP contribution in [-0.4, -0.2) is 73.1 Å². The van der Waals surface area contributed by atoms with Gasteiger partial charge in [0.15, 0.2) is 5.96 Å². The summed E-state index contributed by atoms with van der Waals surface area (Å²) >= 11 is 0. The second kappa shape index (κ2) is 11.0. The van der Waals surface area contributed by atoms with Crippen LogP contribution in [0.5, 0.6) is 0 Å². The standard InChI is InChI=1S/C17H32N6O/c1-3-18-17(19-8-5-11-23-12-6-9-21-23)20-15-16-7-4-10-22(16)13-14-24-2/h6,9,12,16H,3-5,7-8,10-11,13-15H2,1-2H3,(H2,18,19,20). The van der Waals surface area contributed by atoms with E-state index < -0.39 is 0 Å². The number of methoxy groups -OCH3 is 1. The molecule has 0 aliphatic carbocycles. The van der Waals surface area contributed by atoms with Crippen LogP contribution in [0, 0.1) is 0 Å². The van der Waals surface area contributed by atoms with E-state index in [1.807, 2.05) is 23.1 Å². The second-order valence-corrected chi connectivity index (χ2v) is 6.09. The minimum Gasteiger partial charge on any atom is -0.383 e. The summed E-state index contributed by atoms with van der Waals surface area (Å²) < 4.78 is 7.16. The monoisotopic (exact) mass is 336 g/mol. The Bertz CT molecular complexity index is 462. The number of rotatable bonds is 10. The van der Waals surface area contributed by atoms with Crippen molar-refractivity contribution < 1.29 is 4.74 Å². The highest BCUT2D eigenvalue weighted by molar-refractivity contribution is 5.79. The lowest BCUT2D eigenvalue weighted by Gasteiger charge is -2.23. The molecule has 2 heterocycles. The number of hydrogen-bond donors (Lipinski definition) is 2. The number of aromatic nitrogens is 2. The van der Waals surface area contributed by atoms with Crippen molar-refractivity contribution in [3.8, 4) is 0 Å². The molecule has 0 saturated carbocycles. The normalized spacial score (nSPS) is 18.9. The van der Waals surface area contributed by atoms with Crippen LogP contribution in [0.3, 0.4) is 0 Å². The first kappa shape index (κ1) is 18.7. The van der Waals surface area contributed by atoms with Gasteiger partial charge in [0.05, 0.1) is 13.2 Å². The van der Waals surface area contributed by atoms with E-state index in [0.717, 1.165) is 58.3 Å². The SMILES string of the molecule is CCNC(=NCC1CCCN1CCOC)NCCCn1cccn1. The molecule has 1 aromatic heterocycles. The Morgan fingerprint density at radius 2 is 2.29 bits per heavy atom. The van der Waals surface area contributed by atoms with Gasteiger partial charge in [0, 0.05) is 51.7 Å². The molecule has 0 aromatic carbocycles. The van der Waals surface area contributed by atoms with Crippen molar-refractivity contribution >= 4 is 5.96 Å². The summed E-state index contributed by atoms with van der Waals surface area (Å²) in [7, 11) is 1.76. The Labute approximate surface area is 145 Å². The summed E-state index contributed by atoms with van der Waals surface area (Å²) in [5.74, 6) is 0.913. The van der Waals surface area contributed by atoms with Gasteiger partial charge in [-0.15, -0.1) is 0 Å². The van der Waals surface area contributed by atoms with E-state index in [1.54, 1.807) is 7.11 Å². The van der Waals surface area contributed by atoms with Crippen LogP contribution in [-0.2, 0) is 11.3 Å². The van der Waals surface area contributed by atoms with Gasteiger partial charge in [-0.05, 0) is 38.8 Å². The summed E-state index contributed by atoms with van der Waals surface area (Å²) in [6.07, 6.45) is 7.32. The second-order valence-electron chi connectivity index (χ2n) is 6.09. The molecule has 1 unspecified atom stereocenters. The first-order valence-electron chi connectivity index (χ1n) is 9.06. The van der Waals surface area contributed by atoms with Gasteiger partial charge in [-0.3, -0.25) is 14.6 Å². The van der Waals surface area contributed by atoms with E-state index >= 15 is 0 Å². The van der Waals surface area contributed by atoms with Crippen LogP contribution in [0.2, 0.25) is 0 Å². The fourth-order valence-corrected chi connectivity index (χ4v) is 3.02. The zero-order valence-corrected chi connectivity index (χ0v) is 15.1. The molecule has 7 heteroatoms. The van der Waals surface area contributed by atoms with E-state index in [2.05, 4.69) is 27.6 Å². The molecule has 1 atom stereocenters. The molecular formula is C17H32N6O. The highest BCUT2D eigenvalue weighted by Gasteiger charge is 2.23. The molecule has 0 bridgehead atoms. The molecule has 7 nitrogen and oxygen atoms in total. The van der Waals surface area contributed by atoms with E-state index in [0.29, 0.717) is 6.04 Å². The van der Waals surface area contributed by atoms with Gasteiger partial charge in [-0.1, -0.05) is 0 Å². The Balaban J connectivity index is 1.72. The molecule has 136 valence electrons. The van der Waals surface area contributed by atoms with Gasteiger partial charge in [-0.25, -0.2) is 0 Å². The number of hydrogen-bond acceptors (Lipinski definition) is 4. The van der Waals surface area contributed by atoms with Crippen LogP contribution < -0.4 is 10.6 Å². The van der Waals surface area contributed by atoms with Gasteiger partial charge in [0.25, 0.3) is 0 Å². The Morgan fingerprint density at radius 1 is 1.38 bits per heavy atom. The van der Waals surface area contributed by atoms with E-state index in [4.69, 9.17) is 9.73 Å². The Hall–Kier alpha value is -1.60. The minimum atomic E-state index is 0.541. The number of likely N-dealkylation sites (tertiary alicyclic amines) is 1. The molecule has 0 amide bonds. The van der Waals surface area contributed by atoms with E-state index in [1.165, 1.54) is 12.8 Å². The predicted molar refractivity (Wildman–Crippen MR) is 97.3 cm³/mol. The largest absolute Gasteiger partial charge is 0.383 e. The smallest absolute Gasteiger partial charge is 0.191 e. The number of guanidine groups is 1. The molecule has 0 radical (unpaired) electrons. The Kier molecular flexibility index (Phi) is 8.62. The number of nitrogens with one attached hydrogen (secondary N) is 2. The maximum absolute atomic E-state index is 5.20. The average Bonchev–Trinajstić information content (AvgIpc) is 3.26. The van der Waals surface area contributed by atoms with Crippen LogP contribution in [0.25, 0.3) is 0 Å². The maximum atomic E-state index is 5.20. The van der Waals surface area contributed by atoms with Gasteiger partial charge in [0.2, 0.25) is 0 Å². The van der Waals surface area contributed by atoms with Crippen molar-refractivity contribution in [3.05, 3.63) is 18.5 Å². The fraction of sp³-hybridized carbons (Fsp3) is 0.765. The Morgan fingerprint density at radius 3 is 3.04 bits per heavy atom. The quantitative estimate of drug-likeness (QED) is 0.378. The summed E-state index contributed by atoms with van der Waals surface area (Å²) in [5, 5.41) is 11.0. The van der Waals surface area contributed by atoms with Crippen molar-refractivity contribution in [1.82, 2.24) is 25.3 Å². The summed E-state index contributed by atoms with van der Waals surface area (Å²) in [4.78, 5) is 7.27. The molecule has 1 fully saturated rings. The number of ether oxygens (including phenoxy) is 1. The highest BCUT2D eigenvalue weighted by atomic mass is 16.5. The van der Waals surface area contributed by atoms with Crippen LogP contribution in [0.1, 0.15) is 26.2 Å². The van der Waals surface area contributed by atoms with Crippen molar-refractivity contribution in [3.63, 3.8) is 0 Å². The van der Waals surface area contributed by atoms with Crippen molar-refractivity contribution in [2.24, 2.45) is 4.99 Å². The minimum absolute atomic E-state index is 0.541. The molecule has 1 saturated heterocycles. The predicted octanol–water partition coefficient (Wildman–Crippen LogP) is 0.939. The van der Waals surface area contributed by atoms with E-state index in [-0.39, 0.29) is 0 Å². The number of aliphatic imine (C=N–C) groups is 1. The summed E-state index contributed by atoms with van der Waals surface area (Å²) in [6, 6.07) is 2.50. The lowest BCUT2D eigenvalue weighted by atomic mass is 10.2. The topological polar surface area (TPSA) is 66.7 Å². The van der Waals surface area contributed by atoms with Crippen molar-refractivity contribution in [1.29, 1.82) is 0 Å². The molecule has 1 aliphatic rings. The molecule has 1 aromatic rings. The third-order valence-corrected chi connectivity index (χ3v) is 4.30. The van der Waals surface area contributed by atoms with Gasteiger partial charge in [0.1, 0.15) is 0 Å². The maximum Gasteiger partial charge on any atom is 0.191 e. The molecule has 0 spiro atoms. The summed E-state index contributed by atoms with van der Waals surface area (Å²) in [5.41, 5.74) is 0. The van der Waals surface area contributed by atoms with E-state index in [9.17, 15) is 0 Å². The van der Waals surface area contributed by atoms with Gasteiger partial charge >= 0.3 is 0 Å². The first-order valence-corrected chi connectivity index (χ1v) is 9.06. The third kappa shape index (κ3) is 6.49. The first-order chi connectivity index (χ1) is 11.8. The van der Waals surface area contributed by atoms with Gasteiger partial charge < -0.3 is 15.4 Å². The van der Waals surface area contributed by atoms with Crippen molar-refractivity contribution in [2.45, 2.75) is 38.8 Å². The van der Waals surface area contributed by atoms with Crippen LogP contribution in [0.4, 0.5) is 0 Å². The summed E-state index contributed by atoms with van der Waals surface area (Å²) in [6.45, 7) is 8.60. The van der Waals surface area contributed by atoms with Crippen molar-refractivity contribution in [2.75, 3.05) is 46.4 Å². The zero-order chi connectivity index (χ0) is 17.0. The number of aryl methyl sites for hydroxylation is 1. The van der Waals surface area contributed by atoms with Crippen LogP contribution >= 0.6 is 0 Å². The molecule has 1 aliphatic heterocycles. The molecular weight excluding hydrogens is 304 g/mol. The molecule has 24 heavy (non-hydrogen) atoms. The fourth-order valence-electron chi connectivity index (χ4n) is 3.02. The molecule has 2 N–H and O–H groups in total. The van der Waals surface area contributed by atoms with Gasteiger partial charge in [-0.2, -0.15) is 5.10 Å². The molecule has 2 rings (SSSR count). The number of nitrogens with zero attached hydrogens (tertiary/aromatic N) is 4. The average molecular weight is 336 g/mol. The van der Waals surface area contributed by atoms with Crippen LogP contribution in [0.15, 0.2) is 23.5 Å². The lowest BCUT2D eigenvalue weighted by molar-refractivity contribution is 0.142. The highest BCUT2D eigenvalue weighted by Crippen LogP contribution is 2.16. The lowest BCUT2D eigenvalue weighted by Crippen LogP contribution is -2.40. The zero-order valence-electron chi connectivity index (χ0n) is 15.1.